The maximum absolute atomic E-state index is 11.3. The van der Waals surface area contributed by atoms with Crippen LogP contribution in [-0.2, 0) is 4.79 Å². The summed E-state index contributed by atoms with van der Waals surface area (Å²) in [5, 5.41) is 3.00. The van der Waals surface area contributed by atoms with Crippen molar-refractivity contribution >= 4 is 5.91 Å². The second kappa shape index (κ2) is 2.24. The summed E-state index contributed by atoms with van der Waals surface area (Å²) < 4.78 is 0. The number of hydrogen-bond donors (Lipinski definition) is 1. The Morgan fingerprint density at radius 1 is 1.42 bits per heavy atom. The highest BCUT2D eigenvalue weighted by atomic mass is 16.1. The van der Waals surface area contributed by atoms with Gasteiger partial charge >= 0.3 is 0 Å². The predicted molar refractivity (Wildman–Crippen MR) is 47.6 cm³/mol. The van der Waals surface area contributed by atoms with Crippen molar-refractivity contribution in [1.29, 1.82) is 0 Å². The first-order valence-corrected chi connectivity index (χ1v) is 4.81. The molecule has 12 heavy (non-hydrogen) atoms. The van der Waals surface area contributed by atoms with E-state index in [-0.39, 0.29) is 5.91 Å². The molecule has 0 spiro atoms. The second-order valence-electron chi connectivity index (χ2n) is 4.94. The van der Waals surface area contributed by atoms with Gasteiger partial charge < -0.3 is 5.32 Å². The van der Waals surface area contributed by atoms with Crippen molar-refractivity contribution in [2.45, 2.75) is 39.7 Å². The van der Waals surface area contributed by atoms with Gasteiger partial charge in [-0.15, -0.1) is 0 Å². The zero-order chi connectivity index (χ0) is 8.93. The first-order valence-electron chi connectivity index (χ1n) is 4.81. The lowest BCUT2D eigenvalue weighted by atomic mass is 10.0. The SMILES string of the molecule is CC1CC2C(CC(=O)N1)C2(C)C. The van der Waals surface area contributed by atoms with Gasteiger partial charge in [-0.2, -0.15) is 0 Å². The Morgan fingerprint density at radius 3 is 2.75 bits per heavy atom. The highest BCUT2D eigenvalue weighted by molar-refractivity contribution is 5.77. The molecule has 2 aliphatic rings. The monoisotopic (exact) mass is 167 g/mol. The molecule has 0 radical (unpaired) electrons. The topological polar surface area (TPSA) is 29.1 Å². The molecule has 1 saturated heterocycles. The second-order valence-corrected chi connectivity index (χ2v) is 4.94. The third kappa shape index (κ3) is 1.05. The van der Waals surface area contributed by atoms with Crippen molar-refractivity contribution in [2.24, 2.45) is 17.3 Å². The average Bonchev–Trinajstić information content (AvgIpc) is 2.45. The van der Waals surface area contributed by atoms with Crippen LogP contribution in [0.5, 0.6) is 0 Å². The van der Waals surface area contributed by atoms with Gasteiger partial charge in [0.15, 0.2) is 0 Å². The van der Waals surface area contributed by atoms with Crippen molar-refractivity contribution in [1.82, 2.24) is 5.32 Å². The molecule has 2 heteroatoms. The molecule has 0 bridgehead atoms. The van der Waals surface area contributed by atoms with E-state index in [2.05, 4.69) is 26.1 Å². The molecule has 3 atom stereocenters. The lowest BCUT2D eigenvalue weighted by Gasteiger charge is -2.13. The number of nitrogens with one attached hydrogen (secondary N) is 1. The van der Waals surface area contributed by atoms with E-state index >= 15 is 0 Å². The van der Waals surface area contributed by atoms with Crippen molar-refractivity contribution in [3.05, 3.63) is 0 Å². The van der Waals surface area contributed by atoms with Crippen molar-refractivity contribution in [3.8, 4) is 0 Å². The molecule has 0 aromatic heterocycles. The first-order chi connectivity index (χ1) is 5.51. The van der Waals surface area contributed by atoms with Crippen LogP contribution >= 0.6 is 0 Å². The van der Waals surface area contributed by atoms with E-state index < -0.39 is 0 Å². The van der Waals surface area contributed by atoms with E-state index in [0.717, 1.165) is 12.3 Å². The predicted octanol–water partition coefficient (Wildman–Crippen LogP) is 1.56. The average molecular weight is 167 g/mol. The highest BCUT2D eigenvalue weighted by Gasteiger charge is 2.58. The summed E-state index contributed by atoms with van der Waals surface area (Å²) in [6.07, 6.45) is 1.92. The molecule has 68 valence electrons. The number of carbonyl (C=O) groups excluding carboxylic acids is 1. The summed E-state index contributed by atoms with van der Waals surface area (Å²) in [5.41, 5.74) is 0.437. The van der Waals surface area contributed by atoms with Crippen molar-refractivity contribution in [3.63, 3.8) is 0 Å². The molecule has 1 aliphatic heterocycles. The summed E-state index contributed by atoms with van der Waals surface area (Å²) >= 11 is 0. The number of amides is 1. The molecule has 3 unspecified atom stereocenters. The third-order valence-corrected chi connectivity index (χ3v) is 3.71. The zero-order valence-corrected chi connectivity index (χ0v) is 8.05. The van der Waals surface area contributed by atoms with E-state index in [1.165, 1.54) is 6.42 Å². The summed E-state index contributed by atoms with van der Waals surface area (Å²) in [7, 11) is 0. The molecule has 0 aromatic carbocycles. The van der Waals surface area contributed by atoms with Gasteiger partial charge in [-0.3, -0.25) is 4.79 Å². The maximum atomic E-state index is 11.3. The zero-order valence-electron chi connectivity index (χ0n) is 8.05. The Labute approximate surface area is 73.7 Å². The number of carbonyl (C=O) groups is 1. The molecular weight excluding hydrogens is 150 g/mol. The fraction of sp³-hybridized carbons (Fsp3) is 0.900. The number of hydrogen-bond acceptors (Lipinski definition) is 1. The van der Waals surface area contributed by atoms with Crippen LogP contribution in [0.25, 0.3) is 0 Å². The molecule has 1 N–H and O–H groups in total. The lowest BCUT2D eigenvalue weighted by molar-refractivity contribution is -0.121. The van der Waals surface area contributed by atoms with E-state index in [9.17, 15) is 4.79 Å². The van der Waals surface area contributed by atoms with Crippen molar-refractivity contribution < 1.29 is 4.79 Å². The summed E-state index contributed by atoms with van der Waals surface area (Å²) in [6.45, 7) is 6.68. The Balaban J connectivity index is 2.11. The van der Waals surface area contributed by atoms with Crippen LogP contribution in [-0.4, -0.2) is 11.9 Å². The fourth-order valence-electron chi connectivity index (χ4n) is 2.70. The largest absolute Gasteiger partial charge is 0.354 e. The van der Waals surface area contributed by atoms with Crippen LogP contribution in [0, 0.1) is 17.3 Å². The minimum Gasteiger partial charge on any atom is -0.354 e. The van der Waals surface area contributed by atoms with Crippen LogP contribution < -0.4 is 5.32 Å². The van der Waals surface area contributed by atoms with Gasteiger partial charge in [-0.1, -0.05) is 13.8 Å². The molecule has 2 fully saturated rings. The van der Waals surface area contributed by atoms with E-state index in [0.29, 0.717) is 17.4 Å². The smallest absolute Gasteiger partial charge is 0.220 e. The third-order valence-electron chi connectivity index (χ3n) is 3.71. The Kier molecular flexibility index (Phi) is 1.51. The van der Waals surface area contributed by atoms with Gasteiger partial charge in [0, 0.05) is 12.5 Å². The lowest BCUT2D eigenvalue weighted by Crippen LogP contribution is -2.32. The van der Waals surface area contributed by atoms with Crippen LogP contribution in [0.2, 0.25) is 0 Å². The van der Waals surface area contributed by atoms with E-state index in [1.807, 2.05) is 0 Å². The molecule has 0 aromatic rings. The van der Waals surface area contributed by atoms with Gasteiger partial charge in [0.25, 0.3) is 0 Å². The van der Waals surface area contributed by atoms with Crippen LogP contribution in [0.1, 0.15) is 33.6 Å². The standard InChI is InChI=1S/C10H17NO/c1-6-4-7-8(10(7,2)3)5-9(12)11-6/h6-8H,4-5H2,1-3H3,(H,11,12). The molecular formula is C10H17NO. The molecule has 1 saturated carbocycles. The van der Waals surface area contributed by atoms with Gasteiger partial charge in [0.2, 0.25) is 5.91 Å². The summed E-state index contributed by atoms with van der Waals surface area (Å²) in [5.74, 6) is 1.69. The van der Waals surface area contributed by atoms with Gasteiger partial charge in [0.05, 0.1) is 0 Å². The first kappa shape index (κ1) is 8.09. The summed E-state index contributed by atoms with van der Waals surface area (Å²) in [6, 6.07) is 0.384. The van der Waals surface area contributed by atoms with E-state index in [4.69, 9.17) is 0 Å². The molecule has 1 aliphatic carbocycles. The van der Waals surface area contributed by atoms with Gasteiger partial charge in [0.1, 0.15) is 0 Å². The fourth-order valence-corrected chi connectivity index (χ4v) is 2.70. The highest BCUT2D eigenvalue weighted by Crippen LogP contribution is 2.62. The Morgan fingerprint density at radius 2 is 2.08 bits per heavy atom. The van der Waals surface area contributed by atoms with Crippen molar-refractivity contribution in [2.75, 3.05) is 0 Å². The Bertz CT molecular complexity index is 222. The van der Waals surface area contributed by atoms with Crippen LogP contribution in [0.4, 0.5) is 0 Å². The van der Waals surface area contributed by atoms with Gasteiger partial charge in [-0.05, 0) is 30.6 Å². The minimum atomic E-state index is 0.251. The number of rotatable bonds is 0. The quantitative estimate of drug-likeness (QED) is 0.583. The van der Waals surface area contributed by atoms with Crippen LogP contribution in [0.3, 0.4) is 0 Å². The van der Waals surface area contributed by atoms with Crippen LogP contribution in [0.15, 0.2) is 0 Å². The minimum absolute atomic E-state index is 0.251. The molecule has 2 rings (SSSR count). The normalized spacial score (nSPS) is 44.2. The van der Waals surface area contributed by atoms with Gasteiger partial charge in [-0.25, -0.2) is 0 Å². The Hall–Kier alpha value is -0.530. The van der Waals surface area contributed by atoms with E-state index in [1.54, 1.807) is 0 Å². The maximum Gasteiger partial charge on any atom is 0.220 e. The molecule has 2 nitrogen and oxygen atoms in total. The number of fused-ring (bicyclic) bond motifs is 1. The molecule has 1 amide bonds. The molecule has 1 heterocycles. The summed E-state index contributed by atoms with van der Waals surface area (Å²) in [4.78, 5) is 11.3.